The fourth-order valence-electron chi connectivity index (χ4n) is 3.17. The Morgan fingerprint density at radius 2 is 2.25 bits per heavy atom. The maximum absolute atomic E-state index is 12.3. The van der Waals surface area contributed by atoms with Crippen molar-refractivity contribution < 1.29 is 9.32 Å². The third kappa shape index (κ3) is 3.46. The van der Waals surface area contributed by atoms with E-state index in [0.717, 1.165) is 44.5 Å². The Hall–Kier alpha value is -2.28. The van der Waals surface area contributed by atoms with Gasteiger partial charge in [-0.25, -0.2) is 0 Å². The van der Waals surface area contributed by atoms with Crippen LogP contribution < -0.4 is 5.32 Å². The molecule has 3 heterocycles. The van der Waals surface area contributed by atoms with E-state index in [1.807, 2.05) is 6.07 Å². The molecule has 7 nitrogen and oxygen atoms in total. The standard InChI is InChI=1S/C17H21N5O2/c23-15(19-13-4-3-8-18-10-13)11-22-9-2-1-5-14(22)17-20-16(21-24-17)12-6-7-12/h3-4,8,10,12,14H,1-2,5-7,9,11H2,(H,19,23). The zero-order valence-electron chi connectivity index (χ0n) is 13.5. The number of carbonyl (C=O) groups is 1. The van der Waals surface area contributed by atoms with Crippen molar-refractivity contribution in [1.29, 1.82) is 0 Å². The van der Waals surface area contributed by atoms with Crippen LogP contribution in [0.1, 0.15) is 55.8 Å². The fourth-order valence-corrected chi connectivity index (χ4v) is 3.17. The zero-order valence-corrected chi connectivity index (χ0v) is 13.5. The molecule has 2 aromatic heterocycles. The second kappa shape index (κ2) is 6.68. The molecule has 126 valence electrons. The minimum atomic E-state index is -0.0446. The lowest BCUT2D eigenvalue weighted by Gasteiger charge is -2.32. The first-order valence-electron chi connectivity index (χ1n) is 8.57. The number of pyridine rings is 1. The Morgan fingerprint density at radius 1 is 1.33 bits per heavy atom. The number of nitrogens with one attached hydrogen (secondary N) is 1. The quantitative estimate of drug-likeness (QED) is 0.908. The number of nitrogens with zero attached hydrogens (tertiary/aromatic N) is 4. The number of piperidine rings is 1. The Kier molecular flexibility index (Phi) is 4.25. The van der Waals surface area contributed by atoms with Gasteiger partial charge < -0.3 is 9.84 Å². The number of rotatable bonds is 5. The first kappa shape index (κ1) is 15.3. The molecule has 1 aliphatic heterocycles. The van der Waals surface area contributed by atoms with Crippen LogP contribution in [-0.2, 0) is 4.79 Å². The minimum absolute atomic E-state index is 0.0402. The molecule has 0 bridgehead atoms. The molecule has 1 saturated carbocycles. The molecule has 1 N–H and O–H groups in total. The zero-order chi connectivity index (χ0) is 16.4. The van der Waals surface area contributed by atoms with E-state index in [4.69, 9.17) is 4.52 Å². The lowest BCUT2D eigenvalue weighted by atomic mass is 10.0. The molecule has 0 aromatic carbocycles. The summed E-state index contributed by atoms with van der Waals surface area (Å²) in [4.78, 5) is 23.1. The molecule has 0 radical (unpaired) electrons. The molecule has 2 fully saturated rings. The average molecular weight is 327 g/mol. The molecule has 24 heavy (non-hydrogen) atoms. The molecule has 0 spiro atoms. The van der Waals surface area contributed by atoms with Crippen molar-refractivity contribution in [3.8, 4) is 0 Å². The molecular formula is C17H21N5O2. The van der Waals surface area contributed by atoms with E-state index >= 15 is 0 Å². The van der Waals surface area contributed by atoms with Gasteiger partial charge in [0.1, 0.15) is 0 Å². The third-order valence-corrected chi connectivity index (χ3v) is 4.59. The number of carbonyl (C=O) groups excluding carboxylic acids is 1. The highest BCUT2D eigenvalue weighted by atomic mass is 16.5. The number of aromatic nitrogens is 3. The van der Waals surface area contributed by atoms with Gasteiger partial charge in [-0.1, -0.05) is 11.6 Å². The Morgan fingerprint density at radius 3 is 3.04 bits per heavy atom. The number of hydrogen-bond donors (Lipinski definition) is 1. The van der Waals surface area contributed by atoms with Gasteiger partial charge in [0.05, 0.1) is 24.5 Å². The van der Waals surface area contributed by atoms with E-state index in [9.17, 15) is 4.79 Å². The predicted octanol–water partition coefficient (Wildman–Crippen LogP) is 2.51. The van der Waals surface area contributed by atoms with Crippen LogP contribution in [0, 0.1) is 0 Å². The SMILES string of the molecule is O=C(CN1CCCCC1c1nc(C2CC2)no1)Nc1cccnc1. The van der Waals surface area contributed by atoms with Gasteiger partial charge in [0.15, 0.2) is 5.82 Å². The molecule has 2 aromatic rings. The van der Waals surface area contributed by atoms with Gasteiger partial charge >= 0.3 is 0 Å². The van der Waals surface area contributed by atoms with Crippen molar-refractivity contribution in [3.63, 3.8) is 0 Å². The van der Waals surface area contributed by atoms with E-state index in [0.29, 0.717) is 24.0 Å². The van der Waals surface area contributed by atoms with Crippen molar-refractivity contribution in [1.82, 2.24) is 20.0 Å². The lowest BCUT2D eigenvalue weighted by Crippen LogP contribution is -2.39. The lowest BCUT2D eigenvalue weighted by molar-refractivity contribution is -0.118. The van der Waals surface area contributed by atoms with Crippen LogP contribution in [0.5, 0.6) is 0 Å². The summed E-state index contributed by atoms with van der Waals surface area (Å²) in [5.74, 6) is 1.92. The molecule has 4 rings (SSSR count). The van der Waals surface area contributed by atoms with Crippen LogP contribution in [0.15, 0.2) is 29.0 Å². The smallest absolute Gasteiger partial charge is 0.244 e. The molecular weight excluding hydrogens is 306 g/mol. The summed E-state index contributed by atoms with van der Waals surface area (Å²) in [7, 11) is 0. The van der Waals surface area contributed by atoms with Crippen molar-refractivity contribution in [2.45, 2.75) is 44.1 Å². The van der Waals surface area contributed by atoms with Gasteiger partial charge in [-0.2, -0.15) is 4.98 Å². The van der Waals surface area contributed by atoms with Gasteiger partial charge in [-0.3, -0.25) is 14.7 Å². The number of likely N-dealkylation sites (tertiary alicyclic amines) is 1. The second-order valence-electron chi connectivity index (χ2n) is 6.54. The van der Waals surface area contributed by atoms with Gasteiger partial charge in [0.2, 0.25) is 11.8 Å². The topological polar surface area (TPSA) is 84.2 Å². The number of anilines is 1. The highest BCUT2D eigenvalue weighted by Crippen LogP contribution is 2.39. The second-order valence-corrected chi connectivity index (χ2v) is 6.54. The van der Waals surface area contributed by atoms with Crippen LogP contribution in [0.2, 0.25) is 0 Å². The van der Waals surface area contributed by atoms with Crippen molar-refractivity contribution in [3.05, 3.63) is 36.2 Å². The van der Waals surface area contributed by atoms with E-state index in [1.165, 1.54) is 0 Å². The van der Waals surface area contributed by atoms with Gasteiger partial charge in [-0.15, -0.1) is 0 Å². The molecule has 1 saturated heterocycles. The molecule has 2 aliphatic rings. The van der Waals surface area contributed by atoms with Crippen molar-refractivity contribution in [2.75, 3.05) is 18.4 Å². The summed E-state index contributed by atoms with van der Waals surface area (Å²) < 4.78 is 5.49. The largest absolute Gasteiger partial charge is 0.338 e. The molecule has 1 unspecified atom stereocenters. The van der Waals surface area contributed by atoms with Crippen molar-refractivity contribution >= 4 is 11.6 Å². The number of hydrogen-bond acceptors (Lipinski definition) is 6. The molecule has 1 atom stereocenters. The maximum atomic E-state index is 12.3. The summed E-state index contributed by atoms with van der Waals surface area (Å²) in [6.45, 7) is 1.19. The Balaban J connectivity index is 1.42. The van der Waals surface area contributed by atoms with Gasteiger partial charge in [0.25, 0.3) is 0 Å². The predicted molar refractivity (Wildman–Crippen MR) is 87.3 cm³/mol. The summed E-state index contributed by atoms with van der Waals surface area (Å²) >= 11 is 0. The van der Waals surface area contributed by atoms with Crippen molar-refractivity contribution in [2.24, 2.45) is 0 Å². The van der Waals surface area contributed by atoms with Gasteiger partial charge in [-0.05, 0) is 44.4 Å². The van der Waals surface area contributed by atoms with Crippen LogP contribution in [0.25, 0.3) is 0 Å². The van der Waals surface area contributed by atoms with Crippen LogP contribution in [-0.4, -0.2) is 39.0 Å². The van der Waals surface area contributed by atoms with E-state index in [1.54, 1.807) is 18.5 Å². The van der Waals surface area contributed by atoms with E-state index < -0.39 is 0 Å². The summed E-state index contributed by atoms with van der Waals surface area (Å²) in [6, 6.07) is 3.67. The molecule has 7 heteroatoms. The first-order chi connectivity index (χ1) is 11.8. The summed E-state index contributed by atoms with van der Waals surface area (Å²) in [6.07, 6.45) is 8.79. The van der Waals surface area contributed by atoms with E-state index in [-0.39, 0.29) is 11.9 Å². The fraction of sp³-hybridized carbons (Fsp3) is 0.529. The van der Waals surface area contributed by atoms with Crippen LogP contribution in [0.3, 0.4) is 0 Å². The highest BCUT2D eigenvalue weighted by molar-refractivity contribution is 5.92. The highest BCUT2D eigenvalue weighted by Gasteiger charge is 2.33. The monoisotopic (exact) mass is 327 g/mol. The first-order valence-corrected chi connectivity index (χ1v) is 8.57. The summed E-state index contributed by atoms with van der Waals surface area (Å²) in [5, 5.41) is 7.00. The maximum Gasteiger partial charge on any atom is 0.244 e. The third-order valence-electron chi connectivity index (χ3n) is 4.59. The molecule has 1 amide bonds. The van der Waals surface area contributed by atoms with Gasteiger partial charge in [0, 0.05) is 12.1 Å². The average Bonchev–Trinajstić information content (AvgIpc) is 3.34. The van der Waals surface area contributed by atoms with Crippen LogP contribution in [0.4, 0.5) is 5.69 Å². The minimum Gasteiger partial charge on any atom is -0.338 e. The van der Waals surface area contributed by atoms with Crippen LogP contribution >= 0.6 is 0 Å². The summed E-state index contributed by atoms with van der Waals surface area (Å²) in [5.41, 5.74) is 0.713. The number of amides is 1. The normalized spacial score (nSPS) is 21.6. The Bertz CT molecular complexity index is 698. The van der Waals surface area contributed by atoms with E-state index in [2.05, 4.69) is 25.3 Å². The molecule has 1 aliphatic carbocycles. The Labute approximate surface area is 140 Å².